The SMILES string of the molecule is C=CCOc1ccc(-c2nn(-c3ccccc3)cc2/C=C2/C(=O)N(Cc3ccc(C)cc3)C(=O)C(C#N)=C2C)cc1C. The number of ether oxygens (including phenoxy) is 1. The molecule has 1 aliphatic heterocycles. The van der Waals surface area contributed by atoms with Crippen LogP contribution in [0.1, 0.15) is 29.2 Å². The molecule has 3 aromatic carbocycles. The van der Waals surface area contributed by atoms with E-state index in [0.717, 1.165) is 38.6 Å². The highest BCUT2D eigenvalue weighted by Crippen LogP contribution is 2.33. The van der Waals surface area contributed by atoms with Gasteiger partial charge in [0.15, 0.2) is 0 Å². The lowest BCUT2D eigenvalue weighted by molar-refractivity contribution is -0.141. The van der Waals surface area contributed by atoms with E-state index in [2.05, 4.69) is 6.58 Å². The lowest BCUT2D eigenvalue weighted by Crippen LogP contribution is -2.42. The minimum atomic E-state index is -0.594. The van der Waals surface area contributed by atoms with Crippen molar-refractivity contribution >= 4 is 17.9 Å². The number of hydrogen-bond acceptors (Lipinski definition) is 5. The van der Waals surface area contributed by atoms with Crippen LogP contribution in [-0.2, 0) is 16.1 Å². The average molecular weight is 555 g/mol. The Morgan fingerprint density at radius 1 is 0.976 bits per heavy atom. The average Bonchev–Trinajstić information content (AvgIpc) is 3.42. The van der Waals surface area contributed by atoms with Crippen LogP contribution in [0.5, 0.6) is 5.75 Å². The minimum Gasteiger partial charge on any atom is -0.489 e. The molecular weight excluding hydrogens is 524 g/mol. The highest BCUT2D eigenvalue weighted by Gasteiger charge is 2.35. The molecule has 208 valence electrons. The predicted molar refractivity (Wildman–Crippen MR) is 162 cm³/mol. The summed E-state index contributed by atoms with van der Waals surface area (Å²) < 4.78 is 7.51. The Morgan fingerprint density at radius 2 is 1.71 bits per heavy atom. The van der Waals surface area contributed by atoms with Crippen molar-refractivity contribution in [2.45, 2.75) is 27.3 Å². The number of benzene rings is 3. The minimum absolute atomic E-state index is 0.0514. The lowest BCUT2D eigenvalue weighted by Gasteiger charge is -2.27. The number of nitrogens with zero attached hydrogens (tertiary/aromatic N) is 4. The molecule has 0 radical (unpaired) electrons. The van der Waals surface area contributed by atoms with Crippen molar-refractivity contribution in [3.8, 4) is 28.8 Å². The number of amides is 2. The van der Waals surface area contributed by atoms with E-state index in [1.54, 1.807) is 23.8 Å². The van der Waals surface area contributed by atoms with E-state index < -0.39 is 11.8 Å². The van der Waals surface area contributed by atoms with Crippen LogP contribution in [-0.4, -0.2) is 33.1 Å². The summed E-state index contributed by atoms with van der Waals surface area (Å²) in [5.41, 5.74) is 6.35. The maximum atomic E-state index is 13.8. The van der Waals surface area contributed by atoms with Crippen LogP contribution in [0.2, 0.25) is 0 Å². The molecule has 0 N–H and O–H groups in total. The second-order valence-corrected chi connectivity index (χ2v) is 10.1. The number of carbonyl (C=O) groups is 2. The maximum absolute atomic E-state index is 13.8. The number of aryl methyl sites for hydroxylation is 2. The molecule has 0 unspecified atom stereocenters. The molecule has 42 heavy (non-hydrogen) atoms. The van der Waals surface area contributed by atoms with E-state index in [9.17, 15) is 14.9 Å². The fraction of sp³-hybridized carbons (Fsp3) is 0.143. The van der Waals surface area contributed by atoms with Crippen molar-refractivity contribution in [1.29, 1.82) is 5.26 Å². The molecule has 2 heterocycles. The summed E-state index contributed by atoms with van der Waals surface area (Å²) in [6.07, 6.45) is 5.27. The molecule has 0 saturated carbocycles. The fourth-order valence-corrected chi connectivity index (χ4v) is 4.84. The van der Waals surface area contributed by atoms with E-state index in [4.69, 9.17) is 9.84 Å². The lowest BCUT2D eigenvalue weighted by atomic mass is 9.92. The first kappa shape index (κ1) is 28.1. The fourth-order valence-electron chi connectivity index (χ4n) is 4.84. The van der Waals surface area contributed by atoms with Gasteiger partial charge in [0.25, 0.3) is 11.8 Å². The molecule has 2 amide bonds. The van der Waals surface area contributed by atoms with Gasteiger partial charge in [-0.15, -0.1) is 0 Å². The number of rotatable bonds is 8. The van der Waals surface area contributed by atoms with Crippen LogP contribution in [0.4, 0.5) is 0 Å². The maximum Gasteiger partial charge on any atom is 0.271 e. The molecule has 0 bridgehead atoms. The van der Waals surface area contributed by atoms with Crippen molar-refractivity contribution in [3.05, 3.63) is 131 Å². The largest absolute Gasteiger partial charge is 0.489 e. The van der Waals surface area contributed by atoms with Gasteiger partial charge in [0.1, 0.15) is 24.0 Å². The molecule has 0 saturated heterocycles. The molecular formula is C35H30N4O3. The molecule has 4 aromatic rings. The number of nitriles is 1. The number of hydrogen-bond donors (Lipinski definition) is 0. The van der Waals surface area contributed by atoms with Gasteiger partial charge in [-0.1, -0.05) is 60.7 Å². The first-order chi connectivity index (χ1) is 20.3. The van der Waals surface area contributed by atoms with Gasteiger partial charge in [-0.2, -0.15) is 10.4 Å². The van der Waals surface area contributed by atoms with Crippen molar-refractivity contribution in [1.82, 2.24) is 14.7 Å². The Balaban J connectivity index is 1.63. The van der Waals surface area contributed by atoms with Crippen LogP contribution in [0.3, 0.4) is 0 Å². The van der Waals surface area contributed by atoms with Crippen molar-refractivity contribution in [3.63, 3.8) is 0 Å². The zero-order chi connectivity index (χ0) is 29.8. The van der Waals surface area contributed by atoms with Crippen LogP contribution < -0.4 is 4.74 Å². The molecule has 0 atom stereocenters. The first-order valence-electron chi connectivity index (χ1n) is 13.5. The second-order valence-electron chi connectivity index (χ2n) is 10.1. The summed E-state index contributed by atoms with van der Waals surface area (Å²) in [6, 6.07) is 25.1. The zero-order valence-corrected chi connectivity index (χ0v) is 23.8. The Morgan fingerprint density at radius 3 is 2.38 bits per heavy atom. The molecule has 1 aliphatic rings. The standard InChI is InChI=1S/C35H30N4O3/c1-5-17-42-32-16-15-27(18-24(32)3)33-28(22-39(37-33)29-9-7-6-8-10-29)19-30-25(4)31(20-36)35(41)38(34(30)40)21-26-13-11-23(2)12-14-26/h5-16,18-19,22H,1,17,21H2,2-4H3/b30-19+. The quantitative estimate of drug-likeness (QED) is 0.141. The van der Waals surface area contributed by atoms with Crippen LogP contribution in [0.25, 0.3) is 23.0 Å². The van der Waals surface area contributed by atoms with Gasteiger partial charge < -0.3 is 4.74 Å². The van der Waals surface area contributed by atoms with E-state index in [-0.39, 0.29) is 17.7 Å². The third-order valence-corrected chi connectivity index (χ3v) is 7.15. The van der Waals surface area contributed by atoms with Crippen LogP contribution >= 0.6 is 0 Å². The van der Waals surface area contributed by atoms with Crippen LogP contribution in [0.15, 0.2) is 108 Å². The highest BCUT2D eigenvalue weighted by molar-refractivity contribution is 6.19. The van der Waals surface area contributed by atoms with Crippen molar-refractivity contribution < 1.29 is 14.3 Å². The summed E-state index contributed by atoms with van der Waals surface area (Å²) in [6.45, 7) is 9.74. The van der Waals surface area contributed by atoms with Crippen molar-refractivity contribution in [2.24, 2.45) is 0 Å². The van der Waals surface area contributed by atoms with E-state index in [0.29, 0.717) is 23.4 Å². The van der Waals surface area contributed by atoms with E-state index >= 15 is 0 Å². The van der Waals surface area contributed by atoms with Gasteiger partial charge in [-0.3, -0.25) is 14.5 Å². The normalized spacial score (nSPS) is 14.3. The first-order valence-corrected chi connectivity index (χ1v) is 13.5. The predicted octanol–water partition coefficient (Wildman–Crippen LogP) is 6.51. The molecule has 0 aliphatic carbocycles. The molecule has 7 heteroatoms. The van der Waals surface area contributed by atoms with Gasteiger partial charge in [0.2, 0.25) is 0 Å². The molecule has 0 fully saturated rings. The molecule has 7 nitrogen and oxygen atoms in total. The Labute approximate surface area is 245 Å². The van der Waals surface area contributed by atoms with E-state index in [1.165, 1.54) is 0 Å². The second kappa shape index (κ2) is 11.9. The third kappa shape index (κ3) is 5.56. The highest BCUT2D eigenvalue weighted by atomic mass is 16.5. The number of aromatic nitrogens is 2. The Hall–Kier alpha value is -5.48. The van der Waals surface area contributed by atoms with Crippen LogP contribution in [0, 0.1) is 25.2 Å². The summed E-state index contributed by atoms with van der Waals surface area (Å²) in [5.74, 6) is -0.310. The van der Waals surface area contributed by atoms with Gasteiger partial charge >= 0.3 is 0 Å². The Kier molecular flexibility index (Phi) is 7.98. The number of carbonyl (C=O) groups excluding carboxylic acids is 2. The number of imide groups is 1. The third-order valence-electron chi connectivity index (χ3n) is 7.15. The van der Waals surface area contributed by atoms with Gasteiger partial charge in [0, 0.05) is 22.9 Å². The zero-order valence-electron chi connectivity index (χ0n) is 23.8. The molecule has 1 aromatic heterocycles. The molecule has 0 spiro atoms. The Bertz CT molecular complexity index is 1790. The summed E-state index contributed by atoms with van der Waals surface area (Å²) in [4.78, 5) is 28.2. The number of para-hydroxylation sites is 1. The summed E-state index contributed by atoms with van der Waals surface area (Å²) >= 11 is 0. The van der Waals surface area contributed by atoms with Gasteiger partial charge in [-0.25, -0.2) is 4.68 Å². The molecule has 5 rings (SSSR count). The summed E-state index contributed by atoms with van der Waals surface area (Å²) in [7, 11) is 0. The smallest absolute Gasteiger partial charge is 0.271 e. The van der Waals surface area contributed by atoms with Gasteiger partial charge in [-0.05, 0) is 73.9 Å². The monoisotopic (exact) mass is 554 g/mol. The topological polar surface area (TPSA) is 88.2 Å². The van der Waals surface area contributed by atoms with E-state index in [1.807, 2.05) is 98.9 Å². The van der Waals surface area contributed by atoms with Crippen molar-refractivity contribution in [2.75, 3.05) is 6.61 Å². The van der Waals surface area contributed by atoms with Gasteiger partial charge in [0.05, 0.1) is 17.9 Å². The summed E-state index contributed by atoms with van der Waals surface area (Å²) in [5, 5.41) is 14.8.